The Kier molecular flexibility index (Phi) is 3.12. The Hall–Kier alpha value is -2.40. The lowest BCUT2D eigenvalue weighted by Gasteiger charge is -2.04. The maximum Gasteiger partial charge on any atom is 0.339 e. The predicted octanol–water partition coefficient (Wildman–Crippen LogP) is 2.86. The van der Waals surface area contributed by atoms with Crippen molar-refractivity contribution in [2.45, 2.75) is 0 Å². The first-order valence-electron chi connectivity index (χ1n) is 5.86. The minimum absolute atomic E-state index is 0.372. The third kappa shape index (κ3) is 2.12. The van der Waals surface area contributed by atoms with Gasteiger partial charge in [-0.3, -0.25) is 4.57 Å². The molecule has 100 valence electrons. The summed E-state index contributed by atoms with van der Waals surface area (Å²) in [5.41, 5.74) is 2.50. The molecule has 6 heteroatoms. The second kappa shape index (κ2) is 4.94. The van der Waals surface area contributed by atoms with E-state index in [-0.39, 0.29) is 0 Å². The van der Waals surface area contributed by atoms with E-state index in [4.69, 9.17) is 11.6 Å². The summed E-state index contributed by atoms with van der Waals surface area (Å²) < 4.78 is 6.47. The van der Waals surface area contributed by atoms with Gasteiger partial charge < -0.3 is 4.74 Å². The smallest absolute Gasteiger partial charge is 0.339 e. The standard InChI is InChI=1S/C14H10ClN3O2/c1-20-14(19)9-5-12-13(16-7-9)18(8-17-12)11-4-2-3-10(15)6-11/h2-8H,1H3. The fraction of sp³-hybridized carbons (Fsp3) is 0.0714. The molecule has 1 aromatic carbocycles. The minimum atomic E-state index is -0.434. The highest BCUT2D eigenvalue weighted by atomic mass is 35.5. The van der Waals surface area contributed by atoms with Crippen LogP contribution >= 0.6 is 11.6 Å². The summed E-state index contributed by atoms with van der Waals surface area (Å²) in [6.07, 6.45) is 3.11. The van der Waals surface area contributed by atoms with Crippen molar-refractivity contribution in [3.8, 4) is 5.69 Å². The molecule has 0 saturated heterocycles. The number of methoxy groups -OCH3 is 1. The molecule has 0 aliphatic rings. The molecule has 2 aromatic heterocycles. The monoisotopic (exact) mass is 287 g/mol. The van der Waals surface area contributed by atoms with Gasteiger partial charge >= 0.3 is 5.97 Å². The number of nitrogens with zero attached hydrogens (tertiary/aromatic N) is 3. The molecule has 20 heavy (non-hydrogen) atoms. The predicted molar refractivity (Wildman–Crippen MR) is 75.2 cm³/mol. The quantitative estimate of drug-likeness (QED) is 0.680. The summed E-state index contributed by atoms with van der Waals surface area (Å²) in [5, 5.41) is 0.635. The molecule has 0 fully saturated rings. The van der Waals surface area contributed by atoms with Crippen molar-refractivity contribution in [1.82, 2.24) is 14.5 Å². The van der Waals surface area contributed by atoms with Gasteiger partial charge in [-0.25, -0.2) is 14.8 Å². The highest BCUT2D eigenvalue weighted by molar-refractivity contribution is 6.30. The van der Waals surface area contributed by atoms with Crippen molar-refractivity contribution >= 4 is 28.7 Å². The zero-order valence-corrected chi connectivity index (χ0v) is 11.3. The number of carbonyl (C=O) groups excluding carboxylic acids is 1. The van der Waals surface area contributed by atoms with E-state index in [2.05, 4.69) is 14.7 Å². The lowest BCUT2D eigenvalue weighted by molar-refractivity contribution is 0.0600. The molecule has 0 spiro atoms. The number of rotatable bonds is 2. The van der Waals surface area contributed by atoms with E-state index >= 15 is 0 Å². The van der Waals surface area contributed by atoms with Gasteiger partial charge in [0.2, 0.25) is 0 Å². The van der Waals surface area contributed by atoms with E-state index in [0.29, 0.717) is 21.7 Å². The fourth-order valence-electron chi connectivity index (χ4n) is 1.95. The number of esters is 1. The molecule has 0 aliphatic heterocycles. The van der Waals surface area contributed by atoms with Crippen molar-refractivity contribution in [3.63, 3.8) is 0 Å². The number of imidazole rings is 1. The van der Waals surface area contributed by atoms with Gasteiger partial charge in [0.15, 0.2) is 5.65 Å². The van der Waals surface area contributed by atoms with Crippen molar-refractivity contribution in [2.75, 3.05) is 7.11 Å². The summed E-state index contributed by atoms with van der Waals surface area (Å²) in [6.45, 7) is 0. The Balaban J connectivity index is 2.13. The van der Waals surface area contributed by atoms with Gasteiger partial charge in [-0.15, -0.1) is 0 Å². The van der Waals surface area contributed by atoms with Gasteiger partial charge in [0, 0.05) is 11.2 Å². The number of aromatic nitrogens is 3. The topological polar surface area (TPSA) is 57.0 Å². The van der Waals surface area contributed by atoms with Gasteiger partial charge in [0.1, 0.15) is 11.8 Å². The Morgan fingerprint density at radius 3 is 2.90 bits per heavy atom. The summed E-state index contributed by atoms with van der Waals surface area (Å²) >= 11 is 5.98. The molecule has 5 nitrogen and oxygen atoms in total. The lowest BCUT2D eigenvalue weighted by Crippen LogP contribution is -2.02. The Labute approximate surface area is 119 Å². The van der Waals surface area contributed by atoms with Gasteiger partial charge in [-0.05, 0) is 24.3 Å². The zero-order valence-electron chi connectivity index (χ0n) is 10.6. The highest BCUT2D eigenvalue weighted by Gasteiger charge is 2.11. The van der Waals surface area contributed by atoms with Crippen LogP contribution in [0.15, 0.2) is 42.9 Å². The first-order chi connectivity index (χ1) is 9.69. The molecule has 0 bridgehead atoms. The third-order valence-corrected chi connectivity index (χ3v) is 3.13. The number of benzene rings is 1. The van der Waals surface area contributed by atoms with Gasteiger partial charge in [-0.2, -0.15) is 0 Å². The van der Waals surface area contributed by atoms with Crippen LogP contribution in [0.5, 0.6) is 0 Å². The number of ether oxygens (including phenoxy) is 1. The molecule has 3 aromatic rings. The molecular weight excluding hydrogens is 278 g/mol. The Morgan fingerprint density at radius 1 is 1.30 bits per heavy atom. The van der Waals surface area contributed by atoms with E-state index in [1.165, 1.54) is 13.3 Å². The fourth-order valence-corrected chi connectivity index (χ4v) is 2.13. The summed E-state index contributed by atoms with van der Waals surface area (Å²) in [6, 6.07) is 9.02. The van der Waals surface area contributed by atoms with Crippen molar-refractivity contribution in [1.29, 1.82) is 0 Å². The maximum atomic E-state index is 11.5. The second-order valence-electron chi connectivity index (χ2n) is 4.15. The summed E-state index contributed by atoms with van der Waals surface area (Å²) in [7, 11) is 1.33. The molecule has 0 aliphatic carbocycles. The van der Waals surface area contributed by atoms with Crippen LogP contribution in [0.1, 0.15) is 10.4 Å². The Bertz CT molecular complexity index is 798. The molecule has 0 radical (unpaired) electrons. The maximum absolute atomic E-state index is 11.5. The van der Waals surface area contributed by atoms with Gasteiger partial charge in [0.25, 0.3) is 0 Å². The molecule has 2 heterocycles. The number of halogens is 1. The molecule has 0 unspecified atom stereocenters. The largest absolute Gasteiger partial charge is 0.465 e. The van der Waals surface area contributed by atoms with E-state index in [1.54, 1.807) is 18.5 Å². The summed E-state index contributed by atoms with van der Waals surface area (Å²) in [4.78, 5) is 20.0. The molecule has 0 amide bonds. The highest BCUT2D eigenvalue weighted by Crippen LogP contribution is 2.20. The van der Waals surface area contributed by atoms with Crippen LogP contribution in [0.4, 0.5) is 0 Å². The number of fused-ring (bicyclic) bond motifs is 1. The van der Waals surface area contributed by atoms with Gasteiger partial charge in [-0.1, -0.05) is 17.7 Å². The van der Waals surface area contributed by atoms with Crippen LogP contribution in [0.2, 0.25) is 5.02 Å². The lowest BCUT2D eigenvalue weighted by atomic mass is 10.2. The SMILES string of the molecule is COC(=O)c1cnc2c(c1)ncn2-c1cccc(Cl)c1. The number of pyridine rings is 1. The van der Waals surface area contributed by atoms with E-state index in [0.717, 1.165) is 5.69 Å². The number of carbonyl (C=O) groups is 1. The first kappa shape index (κ1) is 12.6. The minimum Gasteiger partial charge on any atom is -0.465 e. The molecule has 0 N–H and O–H groups in total. The zero-order chi connectivity index (χ0) is 14.1. The number of hydrogen-bond donors (Lipinski definition) is 0. The molecular formula is C14H10ClN3O2. The van der Waals surface area contributed by atoms with Crippen LogP contribution in [0.3, 0.4) is 0 Å². The molecule has 0 atom stereocenters. The van der Waals surface area contributed by atoms with Crippen LogP contribution in [0, 0.1) is 0 Å². The van der Waals surface area contributed by atoms with Crippen LogP contribution < -0.4 is 0 Å². The van der Waals surface area contributed by atoms with E-state index < -0.39 is 5.97 Å². The van der Waals surface area contributed by atoms with E-state index in [9.17, 15) is 4.79 Å². The average molecular weight is 288 g/mol. The normalized spacial score (nSPS) is 10.7. The number of hydrogen-bond acceptors (Lipinski definition) is 4. The Morgan fingerprint density at radius 2 is 2.15 bits per heavy atom. The molecule has 3 rings (SSSR count). The van der Waals surface area contributed by atoms with Crippen molar-refractivity contribution in [2.24, 2.45) is 0 Å². The van der Waals surface area contributed by atoms with Crippen molar-refractivity contribution < 1.29 is 9.53 Å². The second-order valence-corrected chi connectivity index (χ2v) is 4.59. The van der Waals surface area contributed by atoms with Crippen LogP contribution in [-0.2, 0) is 4.74 Å². The average Bonchev–Trinajstić information content (AvgIpc) is 2.89. The third-order valence-electron chi connectivity index (χ3n) is 2.90. The summed E-state index contributed by atoms with van der Waals surface area (Å²) in [5.74, 6) is -0.434. The van der Waals surface area contributed by atoms with Crippen LogP contribution in [-0.4, -0.2) is 27.6 Å². The van der Waals surface area contributed by atoms with Crippen LogP contribution in [0.25, 0.3) is 16.9 Å². The van der Waals surface area contributed by atoms with E-state index in [1.807, 2.05) is 22.8 Å². The van der Waals surface area contributed by atoms with Crippen molar-refractivity contribution in [3.05, 3.63) is 53.4 Å². The van der Waals surface area contributed by atoms with Gasteiger partial charge in [0.05, 0.1) is 18.4 Å². The molecule has 0 saturated carbocycles. The first-order valence-corrected chi connectivity index (χ1v) is 6.24.